The van der Waals surface area contributed by atoms with E-state index in [2.05, 4.69) is 5.32 Å². The highest BCUT2D eigenvalue weighted by molar-refractivity contribution is 7.91. The minimum Gasteiger partial charge on any atom is -0.480 e. The molecule has 1 aliphatic rings. The van der Waals surface area contributed by atoms with Gasteiger partial charge in [-0.3, -0.25) is 10.1 Å². The fraction of sp³-hybridized carbons (Fsp3) is 0.889. The maximum atomic E-state index is 11.2. The third-order valence-corrected chi connectivity index (χ3v) is 4.37. The second-order valence-electron chi connectivity index (χ2n) is 4.48. The minimum absolute atomic E-state index is 0.173. The third-order valence-electron chi connectivity index (χ3n) is 2.65. The van der Waals surface area contributed by atoms with Crippen LogP contribution in [0.1, 0.15) is 13.8 Å². The van der Waals surface area contributed by atoms with E-state index in [1.165, 1.54) is 0 Å². The summed E-state index contributed by atoms with van der Waals surface area (Å²) in [6.45, 7) is 3.45. The molecule has 0 aromatic rings. The predicted molar refractivity (Wildman–Crippen MR) is 57.8 cm³/mol. The van der Waals surface area contributed by atoms with Crippen molar-refractivity contribution in [3.63, 3.8) is 0 Å². The molecule has 7 heteroatoms. The van der Waals surface area contributed by atoms with Gasteiger partial charge in [0.05, 0.1) is 17.6 Å². The first-order valence-corrected chi connectivity index (χ1v) is 6.92. The molecule has 1 heterocycles. The van der Waals surface area contributed by atoms with Crippen LogP contribution >= 0.6 is 0 Å². The van der Waals surface area contributed by atoms with Gasteiger partial charge in [-0.05, 0) is 5.92 Å². The largest absolute Gasteiger partial charge is 0.480 e. The van der Waals surface area contributed by atoms with Crippen LogP contribution in [0.3, 0.4) is 0 Å². The van der Waals surface area contributed by atoms with E-state index in [4.69, 9.17) is 5.11 Å². The van der Waals surface area contributed by atoms with E-state index in [1.54, 1.807) is 13.8 Å². The zero-order chi connectivity index (χ0) is 12.5. The molecule has 0 spiro atoms. The van der Waals surface area contributed by atoms with Crippen LogP contribution in [0.15, 0.2) is 0 Å². The summed E-state index contributed by atoms with van der Waals surface area (Å²) in [4.78, 5) is 10.9. The van der Waals surface area contributed by atoms with Gasteiger partial charge in [0.15, 0.2) is 9.84 Å². The van der Waals surface area contributed by atoms with Gasteiger partial charge in [0.1, 0.15) is 6.04 Å². The van der Waals surface area contributed by atoms with Crippen molar-refractivity contribution in [3.05, 3.63) is 0 Å². The highest BCUT2D eigenvalue weighted by atomic mass is 32.2. The first kappa shape index (κ1) is 13.4. The van der Waals surface area contributed by atoms with Crippen LogP contribution in [0.25, 0.3) is 0 Å². The molecule has 0 aromatic heterocycles. The van der Waals surface area contributed by atoms with E-state index in [0.717, 1.165) is 0 Å². The van der Waals surface area contributed by atoms with Crippen LogP contribution in [-0.2, 0) is 14.6 Å². The number of sulfone groups is 1. The number of carboxylic acids is 1. The molecule has 0 radical (unpaired) electrons. The SMILES string of the molecule is CC(C)[C@H](N[C@H]1CS(=O)(=O)C[C@H]1O)C(=O)O. The molecule has 1 rings (SSSR count). The second-order valence-corrected chi connectivity index (χ2v) is 6.63. The molecule has 0 aliphatic carbocycles. The standard InChI is InChI=1S/C9H17NO5S/c1-5(2)8(9(12)13)10-6-3-16(14,15)4-7(6)11/h5-8,10-11H,3-4H2,1-2H3,(H,12,13)/t6-,7+,8-/m0/s1. The molecular weight excluding hydrogens is 234 g/mol. The van der Waals surface area contributed by atoms with Crippen LogP contribution in [-0.4, -0.2) is 54.3 Å². The molecule has 94 valence electrons. The average molecular weight is 251 g/mol. The van der Waals surface area contributed by atoms with Crippen molar-refractivity contribution in [2.24, 2.45) is 5.92 Å². The lowest BCUT2D eigenvalue weighted by Gasteiger charge is -2.23. The van der Waals surface area contributed by atoms with Gasteiger partial charge in [-0.1, -0.05) is 13.8 Å². The fourth-order valence-corrected chi connectivity index (χ4v) is 3.52. The number of carbonyl (C=O) groups is 1. The topological polar surface area (TPSA) is 104 Å². The Morgan fingerprint density at radius 1 is 1.38 bits per heavy atom. The molecule has 1 fully saturated rings. The van der Waals surface area contributed by atoms with Gasteiger partial charge in [0.25, 0.3) is 0 Å². The van der Waals surface area contributed by atoms with E-state index in [1.807, 2.05) is 0 Å². The van der Waals surface area contributed by atoms with Crippen LogP contribution < -0.4 is 5.32 Å². The number of nitrogens with one attached hydrogen (secondary N) is 1. The van der Waals surface area contributed by atoms with E-state index < -0.39 is 34.0 Å². The smallest absolute Gasteiger partial charge is 0.320 e. The van der Waals surface area contributed by atoms with Crippen molar-refractivity contribution in [1.82, 2.24) is 5.32 Å². The van der Waals surface area contributed by atoms with Crippen molar-refractivity contribution in [1.29, 1.82) is 0 Å². The number of aliphatic hydroxyl groups is 1. The zero-order valence-corrected chi connectivity index (χ0v) is 10.1. The summed E-state index contributed by atoms with van der Waals surface area (Å²) in [6, 6.07) is -1.53. The summed E-state index contributed by atoms with van der Waals surface area (Å²) >= 11 is 0. The molecule has 16 heavy (non-hydrogen) atoms. The summed E-state index contributed by atoms with van der Waals surface area (Å²) in [5.41, 5.74) is 0. The Labute approximate surface area is 94.6 Å². The maximum absolute atomic E-state index is 11.2. The Bertz CT molecular complexity index is 364. The third kappa shape index (κ3) is 3.16. The van der Waals surface area contributed by atoms with Crippen molar-refractivity contribution in [3.8, 4) is 0 Å². The molecule has 1 aliphatic heterocycles. The van der Waals surface area contributed by atoms with Crippen LogP contribution in [0, 0.1) is 5.92 Å². The number of aliphatic carboxylic acids is 1. The van der Waals surface area contributed by atoms with Gasteiger partial charge < -0.3 is 10.2 Å². The van der Waals surface area contributed by atoms with E-state index in [9.17, 15) is 18.3 Å². The predicted octanol–water partition coefficient (Wildman–Crippen LogP) is -1.16. The van der Waals surface area contributed by atoms with Gasteiger partial charge in [-0.15, -0.1) is 0 Å². The van der Waals surface area contributed by atoms with Crippen LogP contribution in [0.2, 0.25) is 0 Å². The van der Waals surface area contributed by atoms with Gasteiger partial charge in [0.2, 0.25) is 0 Å². The summed E-state index contributed by atoms with van der Waals surface area (Å²) in [7, 11) is -3.25. The maximum Gasteiger partial charge on any atom is 0.320 e. The fourth-order valence-electron chi connectivity index (χ4n) is 1.77. The second kappa shape index (κ2) is 4.68. The first-order valence-electron chi connectivity index (χ1n) is 5.10. The average Bonchev–Trinajstić information content (AvgIpc) is 2.34. The van der Waals surface area contributed by atoms with Gasteiger partial charge in [-0.2, -0.15) is 0 Å². The molecule has 3 N–H and O–H groups in total. The Balaban J connectivity index is 2.70. The van der Waals surface area contributed by atoms with Crippen molar-refractivity contribution >= 4 is 15.8 Å². The van der Waals surface area contributed by atoms with E-state index >= 15 is 0 Å². The Morgan fingerprint density at radius 2 is 1.94 bits per heavy atom. The van der Waals surface area contributed by atoms with Gasteiger partial charge in [0, 0.05) is 6.04 Å². The molecular formula is C9H17NO5S. The molecule has 3 atom stereocenters. The lowest BCUT2D eigenvalue weighted by Crippen LogP contribution is -2.50. The molecule has 0 amide bonds. The Hall–Kier alpha value is -0.660. The molecule has 0 unspecified atom stereocenters. The quantitative estimate of drug-likeness (QED) is 0.582. The minimum atomic E-state index is -3.25. The number of aliphatic hydroxyl groups excluding tert-OH is 1. The summed E-state index contributed by atoms with van der Waals surface area (Å²) in [6.07, 6.45) is -1.02. The lowest BCUT2D eigenvalue weighted by molar-refractivity contribution is -0.141. The van der Waals surface area contributed by atoms with Crippen molar-refractivity contribution in [2.75, 3.05) is 11.5 Å². The highest BCUT2D eigenvalue weighted by Crippen LogP contribution is 2.14. The Kier molecular flexibility index (Phi) is 3.92. The summed E-state index contributed by atoms with van der Waals surface area (Å²) < 4.78 is 22.5. The van der Waals surface area contributed by atoms with E-state index in [0.29, 0.717) is 0 Å². The molecule has 6 nitrogen and oxygen atoms in total. The summed E-state index contributed by atoms with van der Waals surface area (Å²) in [5, 5.41) is 21.1. The zero-order valence-electron chi connectivity index (χ0n) is 9.25. The number of carboxylic acid groups (broad SMARTS) is 1. The van der Waals surface area contributed by atoms with E-state index in [-0.39, 0.29) is 17.4 Å². The van der Waals surface area contributed by atoms with Gasteiger partial charge >= 0.3 is 5.97 Å². The van der Waals surface area contributed by atoms with Crippen molar-refractivity contribution < 1.29 is 23.4 Å². The number of hydrogen-bond donors (Lipinski definition) is 3. The number of rotatable bonds is 4. The van der Waals surface area contributed by atoms with Crippen molar-refractivity contribution in [2.45, 2.75) is 32.0 Å². The van der Waals surface area contributed by atoms with Crippen LogP contribution in [0.5, 0.6) is 0 Å². The first-order chi connectivity index (χ1) is 7.23. The monoisotopic (exact) mass is 251 g/mol. The normalized spacial score (nSPS) is 30.5. The summed E-state index contributed by atoms with van der Waals surface area (Å²) in [5.74, 6) is -1.71. The van der Waals surface area contributed by atoms with Gasteiger partial charge in [-0.25, -0.2) is 8.42 Å². The molecule has 0 aromatic carbocycles. The lowest BCUT2D eigenvalue weighted by atomic mass is 10.0. The Morgan fingerprint density at radius 3 is 2.25 bits per heavy atom. The number of hydrogen-bond acceptors (Lipinski definition) is 5. The van der Waals surface area contributed by atoms with Crippen LogP contribution in [0.4, 0.5) is 0 Å². The highest BCUT2D eigenvalue weighted by Gasteiger charge is 2.39. The molecule has 0 saturated carbocycles. The molecule has 0 bridgehead atoms. The molecule has 1 saturated heterocycles.